The molecule has 3 heteroatoms. The number of nitrogens with zero attached hydrogens (tertiary/aromatic N) is 1. The number of aryl methyl sites for hydroxylation is 1. The predicted molar refractivity (Wildman–Crippen MR) is 86.6 cm³/mol. The second-order valence-corrected chi connectivity index (χ2v) is 7.79. The van der Waals surface area contributed by atoms with Crippen molar-refractivity contribution in [3.63, 3.8) is 0 Å². The zero-order valence-electron chi connectivity index (χ0n) is 14.5. The molecule has 0 saturated carbocycles. The van der Waals surface area contributed by atoms with Gasteiger partial charge in [-0.15, -0.1) is 0 Å². The molecule has 0 spiro atoms. The van der Waals surface area contributed by atoms with Crippen LogP contribution in [0.15, 0.2) is 12.1 Å². The smallest absolute Gasteiger partial charge is 0.340 e. The van der Waals surface area contributed by atoms with E-state index in [0.717, 1.165) is 30.7 Å². The van der Waals surface area contributed by atoms with Crippen LogP contribution in [-0.2, 0) is 17.6 Å². The van der Waals surface area contributed by atoms with Crippen LogP contribution >= 0.6 is 0 Å². The fraction of sp³-hybridized carbons (Fsp3) is 0.667. The number of carbonyl (C=O) groups is 1. The third kappa shape index (κ3) is 6.28. The van der Waals surface area contributed by atoms with E-state index in [9.17, 15) is 4.79 Å². The second kappa shape index (κ2) is 6.59. The Hall–Kier alpha value is -1.38. The first-order valence-corrected chi connectivity index (χ1v) is 7.74. The van der Waals surface area contributed by atoms with Gasteiger partial charge in [-0.2, -0.15) is 0 Å². The molecule has 0 saturated heterocycles. The fourth-order valence-electron chi connectivity index (χ4n) is 2.13. The summed E-state index contributed by atoms with van der Waals surface area (Å²) in [5.41, 5.74) is 2.20. The average molecular weight is 291 g/mol. The monoisotopic (exact) mass is 291 g/mol. The van der Waals surface area contributed by atoms with Crippen molar-refractivity contribution in [2.24, 2.45) is 5.41 Å². The van der Waals surface area contributed by atoms with E-state index >= 15 is 0 Å². The highest BCUT2D eigenvalue weighted by Crippen LogP contribution is 2.22. The molecule has 0 fully saturated rings. The summed E-state index contributed by atoms with van der Waals surface area (Å²) < 4.78 is 5.47. The number of pyridine rings is 1. The molecule has 0 N–H and O–H groups in total. The van der Waals surface area contributed by atoms with Crippen LogP contribution in [0.2, 0.25) is 0 Å². The minimum atomic E-state index is -0.481. The van der Waals surface area contributed by atoms with Crippen molar-refractivity contribution in [3.8, 4) is 0 Å². The Morgan fingerprint density at radius 3 is 2.24 bits per heavy atom. The molecule has 0 aliphatic carbocycles. The van der Waals surface area contributed by atoms with Gasteiger partial charge in [0.15, 0.2) is 0 Å². The van der Waals surface area contributed by atoms with Gasteiger partial charge in [-0.25, -0.2) is 4.79 Å². The molecule has 21 heavy (non-hydrogen) atoms. The minimum Gasteiger partial charge on any atom is -0.456 e. The first kappa shape index (κ1) is 17.7. The second-order valence-electron chi connectivity index (χ2n) is 7.79. The van der Waals surface area contributed by atoms with Crippen molar-refractivity contribution in [2.75, 3.05) is 0 Å². The summed E-state index contributed by atoms with van der Waals surface area (Å²) in [6, 6.07) is 3.82. The van der Waals surface area contributed by atoms with Crippen LogP contribution in [0.1, 0.15) is 76.6 Å². The summed E-state index contributed by atoms with van der Waals surface area (Å²) >= 11 is 0. The Morgan fingerprint density at radius 2 is 1.76 bits per heavy atom. The Morgan fingerprint density at radius 1 is 1.14 bits per heavy atom. The molecular formula is C18H29NO2. The van der Waals surface area contributed by atoms with E-state index in [4.69, 9.17) is 9.72 Å². The largest absolute Gasteiger partial charge is 0.456 e. The number of hydrogen-bond acceptors (Lipinski definition) is 3. The number of rotatable bonds is 4. The lowest BCUT2D eigenvalue weighted by molar-refractivity contribution is 0.00677. The summed E-state index contributed by atoms with van der Waals surface area (Å²) in [7, 11) is 0. The summed E-state index contributed by atoms with van der Waals surface area (Å²) in [5.74, 6) is -0.277. The molecule has 0 bridgehead atoms. The molecule has 1 heterocycles. The van der Waals surface area contributed by atoms with E-state index in [1.807, 2.05) is 32.9 Å². The molecule has 0 radical (unpaired) electrons. The van der Waals surface area contributed by atoms with Gasteiger partial charge in [-0.3, -0.25) is 4.98 Å². The molecule has 0 aliphatic heterocycles. The zero-order chi connectivity index (χ0) is 16.3. The Labute approximate surface area is 129 Å². The molecule has 1 rings (SSSR count). The normalized spacial score (nSPS) is 12.3. The van der Waals surface area contributed by atoms with Gasteiger partial charge in [0.05, 0.1) is 11.3 Å². The standard InChI is InChI=1S/C18H29NO2/c1-8-9-15-14(16(20)21-18(5,6)7)11-10-13(19-15)12-17(2,3)4/h10-11H,8-9,12H2,1-7H3. The van der Waals surface area contributed by atoms with Crippen molar-refractivity contribution >= 4 is 5.97 Å². The van der Waals surface area contributed by atoms with Crippen LogP contribution in [-0.4, -0.2) is 16.6 Å². The van der Waals surface area contributed by atoms with Crippen molar-refractivity contribution < 1.29 is 9.53 Å². The maximum absolute atomic E-state index is 12.3. The van der Waals surface area contributed by atoms with E-state index in [0.29, 0.717) is 5.56 Å². The number of ether oxygens (including phenoxy) is 1. The molecule has 118 valence electrons. The molecule has 3 nitrogen and oxygen atoms in total. The highest BCUT2D eigenvalue weighted by atomic mass is 16.6. The maximum atomic E-state index is 12.3. The SMILES string of the molecule is CCCc1nc(CC(C)(C)C)ccc1C(=O)OC(C)(C)C. The molecule has 1 aromatic rings. The molecule has 1 aromatic heterocycles. The number of esters is 1. The third-order valence-corrected chi connectivity index (χ3v) is 2.85. The first-order chi connectivity index (χ1) is 9.52. The van der Waals surface area contributed by atoms with Gasteiger partial charge < -0.3 is 4.74 Å². The zero-order valence-corrected chi connectivity index (χ0v) is 14.5. The van der Waals surface area contributed by atoms with E-state index in [-0.39, 0.29) is 11.4 Å². The van der Waals surface area contributed by atoms with Crippen LogP contribution in [0, 0.1) is 5.41 Å². The van der Waals surface area contributed by atoms with Crippen molar-refractivity contribution in [1.82, 2.24) is 4.98 Å². The average Bonchev–Trinajstić information content (AvgIpc) is 2.24. The van der Waals surface area contributed by atoms with Gasteiger partial charge in [-0.1, -0.05) is 34.1 Å². The van der Waals surface area contributed by atoms with Gasteiger partial charge in [0.2, 0.25) is 0 Å². The molecule has 0 atom stereocenters. The van der Waals surface area contributed by atoms with E-state index in [1.165, 1.54) is 0 Å². The van der Waals surface area contributed by atoms with Crippen molar-refractivity contribution in [3.05, 3.63) is 29.1 Å². The van der Waals surface area contributed by atoms with Crippen LogP contribution in [0.25, 0.3) is 0 Å². The molecule has 0 aliphatic rings. The summed E-state index contributed by atoms with van der Waals surface area (Å²) in [6.07, 6.45) is 2.66. The Balaban J connectivity index is 3.07. The van der Waals surface area contributed by atoms with Gasteiger partial charge in [0.1, 0.15) is 5.60 Å². The third-order valence-electron chi connectivity index (χ3n) is 2.85. The first-order valence-electron chi connectivity index (χ1n) is 7.74. The highest BCUT2D eigenvalue weighted by molar-refractivity contribution is 5.90. The number of carbonyl (C=O) groups excluding carboxylic acids is 1. The van der Waals surface area contributed by atoms with Crippen LogP contribution < -0.4 is 0 Å². The number of aromatic nitrogens is 1. The summed E-state index contributed by atoms with van der Waals surface area (Å²) in [6.45, 7) is 14.3. The fourth-order valence-corrected chi connectivity index (χ4v) is 2.13. The van der Waals surface area contributed by atoms with Crippen LogP contribution in [0.3, 0.4) is 0 Å². The highest BCUT2D eigenvalue weighted by Gasteiger charge is 2.22. The van der Waals surface area contributed by atoms with E-state index < -0.39 is 5.60 Å². The summed E-state index contributed by atoms with van der Waals surface area (Å²) in [4.78, 5) is 17.0. The Bertz CT molecular complexity index is 493. The number of hydrogen-bond donors (Lipinski definition) is 0. The molecular weight excluding hydrogens is 262 g/mol. The minimum absolute atomic E-state index is 0.184. The molecule has 0 aromatic carbocycles. The summed E-state index contributed by atoms with van der Waals surface area (Å²) in [5, 5.41) is 0. The maximum Gasteiger partial charge on any atom is 0.340 e. The predicted octanol–water partition coefficient (Wildman–Crippen LogP) is 4.58. The quantitative estimate of drug-likeness (QED) is 0.762. The van der Waals surface area contributed by atoms with Gasteiger partial charge in [0, 0.05) is 5.69 Å². The molecule has 0 amide bonds. The van der Waals surface area contributed by atoms with Crippen LogP contribution in [0.5, 0.6) is 0 Å². The van der Waals surface area contributed by atoms with Gasteiger partial charge in [-0.05, 0) is 51.2 Å². The Kier molecular flexibility index (Phi) is 5.54. The van der Waals surface area contributed by atoms with E-state index in [1.54, 1.807) is 0 Å². The molecule has 0 unspecified atom stereocenters. The van der Waals surface area contributed by atoms with Gasteiger partial charge in [0.25, 0.3) is 0 Å². The lowest BCUT2D eigenvalue weighted by Gasteiger charge is -2.21. The van der Waals surface area contributed by atoms with E-state index in [2.05, 4.69) is 27.7 Å². The van der Waals surface area contributed by atoms with Crippen molar-refractivity contribution in [2.45, 2.75) is 73.3 Å². The lowest BCUT2D eigenvalue weighted by atomic mass is 9.90. The van der Waals surface area contributed by atoms with Crippen LogP contribution in [0.4, 0.5) is 0 Å². The van der Waals surface area contributed by atoms with Crippen molar-refractivity contribution in [1.29, 1.82) is 0 Å². The van der Waals surface area contributed by atoms with Gasteiger partial charge >= 0.3 is 5.97 Å². The lowest BCUT2D eigenvalue weighted by Crippen LogP contribution is -2.25. The topological polar surface area (TPSA) is 39.2 Å².